The Bertz CT molecular complexity index is 570. The van der Waals surface area contributed by atoms with Crippen molar-refractivity contribution in [3.63, 3.8) is 0 Å². The molecule has 1 aromatic heterocycles. The molecule has 0 fully saturated rings. The van der Waals surface area contributed by atoms with Crippen LogP contribution >= 0.6 is 0 Å². The first-order valence-electron chi connectivity index (χ1n) is 6.04. The highest BCUT2D eigenvalue weighted by atomic mass is 14.9. The summed E-state index contributed by atoms with van der Waals surface area (Å²) in [4.78, 5) is 4.34. The Morgan fingerprint density at radius 3 is 2.94 bits per heavy atom. The van der Waals surface area contributed by atoms with Gasteiger partial charge in [0.1, 0.15) is 0 Å². The largest absolute Gasteiger partial charge is 0.385 e. The predicted molar refractivity (Wildman–Crippen MR) is 73.2 cm³/mol. The fraction of sp³-hybridized carbons (Fsp3) is 0.200. The molecule has 3 nitrogen and oxygen atoms in total. The summed E-state index contributed by atoms with van der Waals surface area (Å²) in [7, 11) is 0. The molecule has 0 radical (unpaired) electrons. The van der Waals surface area contributed by atoms with Crippen molar-refractivity contribution in [2.45, 2.75) is 13.3 Å². The van der Waals surface area contributed by atoms with Gasteiger partial charge in [0.25, 0.3) is 0 Å². The lowest BCUT2D eigenvalue weighted by Crippen LogP contribution is -1.99. The van der Waals surface area contributed by atoms with Crippen LogP contribution < -0.4 is 5.32 Å². The molecule has 0 aliphatic rings. The zero-order valence-electron chi connectivity index (χ0n) is 10.4. The summed E-state index contributed by atoms with van der Waals surface area (Å²) in [5.74, 6) is 0. The molecule has 3 heteroatoms. The second kappa shape index (κ2) is 5.83. The van der Waals surface area contributed by atoms with Crippen LogP contribution in [0.5, 0.6) is 0 Å². The lowest BCUT2D eigenvalue weighted by atomic mass is 10.1. The molecule has 0 spiro atoms. The zero-order chi connectivity index (χ0) is 12.8. The number of rotatable bonds is 4. The van der Waals surface area contributed by atoms with Crippen molar-refractivity contribution in [1.82, 2.24) is 4.98 Å². The van der Waals surface area contributed by atoms with Crippen molar-refractivity contribution in [3.05, 3.63) is 48.2 Å². The normalized spacial score (nSPS) is 9.78. The van der Waals surface area contributed by atoms with Crippen LogP contribution in [0.4, 0.5) is 5.69 Å². The van der Waals surface area contributed by atoms with Crippen LogP contribution in [0.25, 0.3) is 11.3 Å². The SMILES string of the molecule is CCCNc1ccnc(-c2cccc(C#N)c2)c1. The molecule has 2 rings (SSSR count). The van der Waals surface area contributed by atoms with Crippen LogP contribution in [0.1, 0.15) is 18.9 Å². The van der Waals surface area contributed by atoms with Crippen LogP contribution in [0, 0.1) is 11.3 Å². The number of nitriles is 1. The van der Waals surface area contributed by atoms with E-state index < -0.39 is 0 Å². The Labute approximate surface area is 107 Å². The van der Waals surface area contributed by atoms with Crippen molar-refractivity contribution in [2.75, 3.05) is 11.9 Å². The first-order chi connectivity index (χ1) is 8.83. The molecule has 18 heavy (non-hydrogen) atoms. The van der Waals surface area contributed by atoms with E-state index in [0.717, 1.165) is 29.9 Å². The summed E-state index contributed by atoms with van der Waals surface area (Å²) in [5.41, 5.74) is 3.56. The molecule has 1 heterocycles. The number of nitrogens with zero attached hydrogens (tertiary/aromatic N) is 2. The molecule has 0 aliphatic carbocycles. The van der Waals surface area contributed by atoms with E-state index in [1.54, 1.807) is 12.3 Å². The van der Waals surface area contributed by atoms with Gasteiger partial charge in [-0.3, -0.25) is 4.98 Å². The van der Waals surface area contributed by atoms with Crippen LogP contribution in [0.3, 0.4) is 0 Å². The van der Waals surface area contributed by atoms with Gasteiger partial charge in [-0.2, -0.15) is 5.26 Å². The van der Waals surface area contributed by atoms with Crippen LogP contribution in [-0.2, 0) is 0 Å². The van der Waals surface area contributed by atoms with Crippen molar-refractivity contribution in [1.29, 1.82) is 5.26 Å². The minimum absolute atomic E-state index is 0.654. The van der Waals surface area contributed by atoms with E-state index in [2.05, 4.69) is 23.3 Å². The number of benzene rings is 1. The molecule has 0 saturated heterocycles. The van der Waals surface area contributed by atoms with Crippen molar-refractivity contribution < 1.29 is 0 Å². The molecule has 1 N–H and O–H groups in total. The fourth-order valence-corrected chi connectivity index (χ4v) is 1.72. The van der Waals surface area contributed by atoms with E-state index in [9.17, 15) is 0 Å². The molecule has 0 bridgehead atoms. The maximum Gasteiger partial charge on any atom is 0.0991 e. The highest BCUT2D eigenvalue weighted by molar-refractivity contribution is 5.65. The fourth-order valence-electron chi connectivity index (χ4n) is 1.72. The van der Waals surface area contributed by atoms with Gasteiger partial charge in [0.15, 0.2) is 0 Å². The Morgan fingerprint density at radius 1 is 1.28 bits per heavy atom. The summed E-state index contributed by atoms with van der Waals surface area (Å²) in [6.45, 7) is 3.08. The van der Waals surface area contributed by atoms with Gasteiger partial charge < -0.3 is 5.32 Å². The van der Waals surface area contributed by atoms with Crippen molar-refractivity contribution >= 4 is 5.69 Å². The van der Waals surface area contributed by atoms with Crippen LogP contribution in [-0.4, -0.2) is 11.5 Å². The standard InChI is InChI=1S/C15H15N3/c1-2-7-17-14-6-8-18-15(10-14)13-5-3-4-12(9-13)11-16/h3-6,8-10H,2,7H2,1H3,(H,17,18). The van der Waals surface area contributed by atoms with E-state index in [-0.39, 0.29) is 0 Å². The third-order valence-corrected chi connectivity index (χ3v) is 2.63. The number of hydrogen-bond acceptors (Lipinski definition) is 3. The number of pyridine rings is 1. The highest BCUT2D eigenvalue weighted by Gasteiger charge is 2.01. The molecule has 0 atom stereocenters. The predicted octanol–water partition coefficient (Wildman–Crippen LogP) is 3.44. The Balaban J connectivity index is 2.29. The van der Waals surface area contributed by atoms with E-state index in [4.69, 9.17) is 5.26 Å². The van der Waals surface area contributed by atoms with Gasteiger partial charge >= 0.3 is 0 Å². The molecular weight excluding hydrogens is 222 g/mol. The average molecular weight is 237 g/mol. The van der Waals surface area contributed by atoms with E-state index in [1.165, 1.54) is 0 Å². The van der Waals surface area contributed by atoms with Gasteiger partial charge in [0.2, 0.25) is 0 Å². The van der Waals surface area contributed by atoms with E-state index >= 15 is 0 Å². The lowest BCUT2D eigenvalue weighted by Gasteiger charge is -2.07. The number of hydrogen-bond donors (Lipinski definition) is 1. The monoisotopic (exact) mass is 237 g/mol. The van der Waals surface area contributed by atoms with Gasteiger partial charge in [0, 0.05) is 24.0 Å². The molecule has 0 unspecified atom stereocenters. The first kappa shape index (κ1) is 12.1. The summed E-state index contributed by atoms with van der Waals surface area (Å²) in [6, 6.07) is 13.6. The molecule has 1 aromatic carbocycles. The molecule has 0 saturated carbocycles. The summed E-state index contributed by atoms with van der Waals surface area (Å²) < 4.78 is 0. The lowest BCUT2D eigenvalue weighted by molar-refractivity contribution is 0.979. The van der Waals surface area contributed by atoms with E-state index in [1.807, 2.05) is 30.3 Å². The molecular formula is C15H15N3. The smallest absolute Gasteiger partial charge is 0.0991 e. The average Bonchev–Trinajstić information content (AvgIpc) is 2.45. The molecule has 2 aromatic rings. The second-order valence-electron chi connectivity index (χ2n) is 4.05. The van der Waals surface area contributed by atoms with Crippen LogP contribution in [0.2, 0.25) is 0 Å². The number of anilines is 1. The van der Waals surface area contributed by atoms with Gasteiger partial charge in [-0.1, -0.05) is 19.1 Å². The van der Waals surface area contributed by atoms with Gasteiger partial charge in [-0.05, 0) is 30.7 Å². The Kier molecular flexibility index (Phi) is 3.93. The summed E-state index contributed by atoms with van der Waals surface area (Å²) in [5, 5.41) is 12.2. The quantitative estimate of drug-likeness (QED) is 0.886. The van der Waals surface area contributed by atoms with Gasteiger partial charge in [0.05, 0.1) is 17.3 Å². The highest BCUT2D eigenvalue weighted by Crippen LogP contribution is 2.20. The minimum Gasteiger partial charge on any atom is -0.385 e. The minimum atomic E-state index is 0.654. The van der Waals surface area contributed by atoms with Gasteiger partial charge in [-0.15, -0.1) is 0 Å². The summed E-state index contributed by atoms with van der Waals surface area (Å²) in [6.07, 6.45) is 2.87. The third-order valence-electron chi connectivity index (χ3n) is 2.63. The molecule has 90 valence electrons. The Hall–Kier alpha value is -2.34. The molecule has 0 aliphatic heterocycles. The van der Waals surface area contributed by atoms with Crippen molar-refractivity contribution in [2.24, 2.45) is 0 Å². The number of nitrogens with one attached hydrogen (secondary N) is 1. The zero-order valence-corrected chi connectivity index (χ0v) is 10.4. The second-order valence-corrected chi connectivity index (χ2v) is 4.05. The van der Waals surface area contributed by atoms with Crippen molar-refractivity contribution in [3.8, 4) is 17.3 Å². The maximum absolute atomic E-state index is 8.90. The topological polar surface area (TPSA) is 48.7 Å². The third kappa shape index (κ3) is 2.86. The molecule has 0 amide bonds. The maximum atomic E-state index is 8.90. The number of aromatic nitrogens is 1. The Morgan fingerprint density at radius 2 is 2.17 bits per heavy atom. The first-order valence-corrected chi connectivity index (χ1v) is 6.04. The van der Waals surface area contributed by atoms with Gasteiger partial charge in [-0.25, -0.2) is 0 Å². The summed E-state index contributed by atoms with van der Waals surface area (Å²) >= 11 is 0. The van der Waals surface area contributed by atoms with Crippen LogP contribution in [0.15, 0.2) is 42.6 Å². The van der Waals surface area contributed by atoms with E-state index in [0.29, 0.717) is 5.56 Å².